The Kier molecular flexibility index (Phi) is 7.42. The van der Waals surface area contributed by atoms with Gasteiger partial charge in [-0.3, -0.25) is 23.9 Å². The Hall–Kier alpha value is -3.05. The number of pyridine rings is 1. The normalized spacial score (nSPS) is 18.1. The molecular formula is C23H22ClFN4O4S. The van der Waals surface area contributed by atoms with Crippen LogP contribution in [0.5, 0.6) is 0 Å². The average Bonchev–Trinajstić information content (AvgIpc) is 3.41. The molecule has 11 heteroatoms. The summed E-state index contributed by atoms with van der Waals surface area (Å²) in [5.74, 6) is -1.40. The topological polar surface area (TPSA) is 104 Å². The predicted molar refractivity (Wildman–Crippen MR) is 128 cm³/mol. The minimum Gasteiger partial charge on any atom is -0.395 e. The highest BCUT2D eigenvalue weighted by atomic mass is 35.5. The number of amides is 2. The Morgan fingerprint density at radius 3 is 2.71 bits per heavy atom. The van der Waals surface area contributed by atoms with Crippen molar-refractivity contribution in [2.45, 2.75) is 18.5 Å². The van der Waals surface area contributed by atoms with Gasteiger partial charge in [-0.15, -0.1) is 11.3 Å². The zero-order chi connectivity index (χ0) is 24.2. The molecule has 2 amide bonds. The number of anilines is 1. The smallest absolute Gasteiger partial charge is 0.261 e. The zero-order valence-electron chi connectivity index (χ0n) is 17.9. The number of carbonyl (C=O) groups is 2. The molecule has 178 valence electrons. The van der Waals surface area contributed by atoms with E-state index in [1.54, 1.807) is 29.2 Å². The molecule has 1 aliphatic heterocycles. The molecule has 4 rings (SSSR count). The molecule has 3 heterocycles. The van der Waals surface area contributed by atoms with Crippen LogP contribution in [0.15, 0.2) is 59.5 Å². The van der Waals surface area contributed by atoms with E-state index in [2.05, 4.69) is 10.6 Å². The number of carbonyl (C=O) groups excluding carboxylic acids is 2. The van der Waals surface area contributed by atoms with Gasteiger partial charge in [0.1, 0.15) is 5.82 Å². The lowest BCUT2D eigenvalue weighted by Crippen LogP contribution is -2.40. The fourth-order valence-corrected chi connectivity index (χ4v) is 4.88. The molecule has 0 saturated carbocycles. The van der Waals surface area contributed by atoms with Crippen LogP contribution >= 0.6 is 22.9 Å². The first-order valence-corrected chi connectivity index (χ1v) is 11.7. The number of rotatable bonds is 7. The first-order valence-electron chi connectivity index (χ1n) is 10.5. The van der Waals surface area contributed by atoms with E-state index in [4.69, 9.17) is 11.6 Å². The maximum absolute atomic E-state index is 14.6. The SMILES string of the molecule is O=C(CN1C[C@H](NC(=O)c2ccc(Cl)s2)C[C@H]1CO)Nc1ccc(-n2ccccc2=O)cc1F. The number of likely N-dealkylation sites (tertiary alicyclic amines) is 1. The van der Waals surface area contributed by atoms with E-state index in [0.29, 0.717) is 27.9 Å². The van der Waals surface area contributed by atoms with Gasteiger partial charge in [-0.25, -0.2) is 4.39 Å². The molecule has 0 unspecified atom stereocenters. The number of halogens is 2. The molecule has 8 nitrogen and oxygen atoms in total. The monoisotopic (exact) mass is 504 g/mol. The second-order valence-corrected chi connectivity index (χ2v) is 9.61. The van der Waals surface area contributed by atoms with E-state index in [1.807, 2.05) is 0 Å². The molecule has 1 aliphatic rings. The fourth-order valence-electron chi connectivity index (χ4n) is 3.94. The van der Waals surface area contributed by atoms with Crippen molar-refractivity contribution >= 4 is 40.4 Å². The van der Waals surface area contributed by atoms with Gasteiger partial charge in [-0.2, -0.15) is 0 Å². The van der Waals surface area contributed by atoms with E-state index >= 15 is 0 Å². The van der Waals surface area contributed by atoms with Crippen molar-refractivity contribution in [1.82, 2.24) is 14.8 Å². The summed E-state index contributed by atoms with van der Waals surface area (Å²) in [6, 6.07) is 11.4. The van der Waals surface area contributed by atoms with Crippen LogP contribution in [0, 0.1) is 5.82 Å². The van der Waals surface area contributed by atoms with E-state index in [9.17, 15) is 23.9 Å². The summed E-state index contributed by atoms with van der Waals surface area (Å²) in [5.41, 5.74) is 0.0232. The molecule has 0 radical (unpaired) electrons. The summed E-state index contributed by atoms with van der Waals surface area (Å²) in [7, 11) is 0. The summed E-state index contributed by atoms with van der Waals surface area (Å²) < 4.78 is 16.4. The predicted octanol–water partition coefficient (Wildman–Crippen LogP) is 2.50. The van der Waals surface area contributed by atoms with E-state index in [0.717, 1.165) is 0 Å². The fraction of sp³-hybridized carbons (Fsp3) is 0.261. The molecule has 3 N–H and O–H groups in total. The molecule has 1 saturated heterocycles. The van der Waals surface area contributed by atoms with E-state index in [1.165, 1.54) is 46.4 Å². The van der Waals surface area contributed by atoms with Gasteiger partial charge in [-0.05, 0) is 36.8 Å². The van der Waals surface area contributed by atoms with Crippen LogP contribution in [0.25, 0.3) is 5.69 Å². The van der Waals surface area contributed by atoms with Gasteiger partial charge in [0.15, 0.2) is 0 Å². The number of nitrogens with zero attached hydrogens (tertiary/aromatic N) is 2. The third-order valence-electron chi connectivity index (χ3n) is 5.54. The van der Waals surface area contributed by atoms with Gasteiger partial charge in [0.05, 0.1) is 33.7 Å². The van der Waals surface area contributed by atoms with Crippen molar-refractivity contribution < 1.29 is 19.1 Å². The van der Waals surface area contributed by atoms with Crippen molar-refractivity contribution in [2.75, 3.05) is 25.0 Å². The lowest BCUT2D eigenvalue weighted by atomic mass is 10.2. The molecule has 2 atom stereocenters. The second kappa shape index (κ2) is 10.5. The Labute approximate surface area is 203 Å². The molecule has 0 spiro atoms. The van der Waals surface area contributed by atoms with Gasteiger partial charge in [0.2, 0.25) is 5.91 Å². The zero-order valence-corrected chi connectivity index (χ0v) is 19.5. The number of hydrogen-bond acceptors (Lipinski definition) is 6. The molecular weight excluding hydrogens is 483 g/mol. The summed E-state index contributed by atoms with van der Waals surface area (Å²) >= 11 is 7.05. The third kappa shape index (κ3) is 5.53. The maximum Gasteiger partial charge on any atom is 0.261 e. The summed E-state index contributed by atoms with van der Waals surface area (Å²) in [6.45, 7) is 0.100. The van der Waals surface area contributed by atoms with Crippen LogP contribution in [-0.4, -0.2) is 58.2 Å². The average molecular weight is 505 g/mol. The van der Waals surface area contributed by atoms with Gasteiger partial charge < -0.3 is 15.7 Å². The first kappa shape index (κ1) is 24.1. The van der Waals surface area contributed by atoms with Gasteiger partial charge in [-0.1, -0.05) is 17.7 Å². The summed E-state index contributed by atoms with van der Waals surface area (Å²) in [6.07, 6.45) is 2.00. The van der Waals surface area contributed by atoms with Crippen LogP contribution in [0.2, 0.25) is 4.34 Å². The van der Waals surface area contributed by atoms with E-state index < -0.39 is 11.7 Å². The largest absolute Gasteiger partial charge is 0.395 e. The molecule has 0 aliphatic carbocycles. The molecule has 34 heavy (non-hydrogen) atoms. The van der Waals surface area contributed by atoms with Gasteiger partial charge in [0.25, 0.3) is 11.5 Å². The molecule has 1 fully saturated rings. The number of aliphatic hydroxyl groups excluding tert-OH is 1. The quantitative estimate of drug-likeness (QED) is 0.458. The van der Waals surface area contributed by atoms with Crippen LogP contribution in [-0.2, 0) is 4.79 Å². The minimum absolute atomic E-state index is 0.0168. The van der Waals surface area contributed by atoms with Gasteiger partial charge in [0, 0.05) is 37.0 Å². The maximum atomic E-state index is 14.6. The first-order chi connectivity index (χ1) is 16.3. The van der Waals surface area contributed by atoms with Crippen molar-refractivity contribution in [2.24, 2.45) is 0 Å². The van der Waals surface area contributed by atoms with E-state index in [-0.39, 0.29) is 42.4 Å². The minimum atomic E-state index is -0.679. The van der Waals surface area contributed by atoms with Crippen molar-refractivity contribution in [3.8, 4) is 5.69 Å². The van der Waals surface area contributed by atoms with Crippen LogP contribution in [0.4, 0.5) is 10.1 Å². The number of thiophene rings is 1. The number of aliphatic hydroxyl groups is 1. The third-order valence-corrected chi connectivity index (χ3v) is 6.77. The van der Waals surface area contributed by atoms with Gasteiger partial charge >= 0.3 is 0 Å². The van der Waals surface area contributed by atoms with Crippen molar-refractivity contribution in [3.05, 3.63) is 80.1 Å². The highest BCUT2D eigenvalue weighted by Gasteiger charge is 2.34. The number of hydrogen-bond donors (Lipinski definition) is 3. The summed E-state index contributed by atoms with van der Waals surface area (Å²) in [5, 5.41) is 15.2. The van der Waals surface area contributed by atoms with Crippen LogP contribution in [0.1, 0.15) is 16.1 Å². The molecule has 0 bridgehead atoms. The lowest BCUT2D eigenvalue weighted by Gasteiger charge is -2.21. The number of aromatic nitrogens is 1. The number of nitrogens with one attached hydrogen (secondary N) is 2. The highest BCUT2D eigenvalue weighted by Crippen LogP contribution is 2.23. The Balaban J connectivity index is 1.37. The lowest BCUT2D eigenvalue weighted by molar-refractivity contribution is -0.117. The Morgan fingerprint density at radius 2 is 2.03 bits per heavy atom. The van der Waals surface area contributed by atoms with Crippen LogP contribution in [0.3, 0.4) is 0 Å². The van der Waals surface area contributed by atoms with Crippen molar-refractivity contribution in [3.63, 3.8) is 0 Å². The standard InChI is InChI=1S/C23H22ClFN4O4S/c24-20-7-6-19(34-20)23(33)26-14-9-16(13-30)28(11-14)12-21(31)27-18-5-4-15(10-17(18)25)29-8-2-1-3-22(29)32/h1-8,10,14,16,30H,9,11-13H2,(H,26,33)(H,27,31)/t14-,16+/m1/s1. The molecule has 2 aromatic heterocycles. The Bertz CT molecular complexity index is 1260. The molecule has 1 aromatic carbocycles. The highest BCUT2D eigenvalue weighted by molar-refractivity contribution is 7.18. The second-order valence-electron chi connectivity index (χ2n) is 7.90. The molecule has 3 aromatic rings. The van der Waals surface area contributed by atoms with Crippen LogP contribution < -0.4 is 16.2 Å². The number of benzene rings is 1. The summed E-state index contributed by atoms with van der Waals surface area (Å²) in [4.78, 5) is 39.1. The van der Waals surface area contributed by atoms with Crippen molar-refractivity contribution in [1.29, 1.82) is 0 Å². The Morgan fingerprint density at radius 1 is 1.21 bits per heavy atom.